The summed E-state index contributed by atoms with van der Waals surface area (Å²) < 4.78 is 6.63. The Morgan fingerprint density at radius 2 is 2.50 bits per heavy atom. The van der Waals surface area contributed by atoms with E-state index < -0.39 is 0 Å². The van der Waals surface area contributed by atoms with Gasteiger partial charge >= 0.3 is 0 Å². The summed E-state index contributed by atoms with van der Waals surface area (Å²) in [6, 6.07) is 4.14. The normalized spacial score (nSPS) is 16.4. The molecule has 0 fully saturated rings. The fourth-order valence-electron chi connectivity index (χ4n) is 1.96. The highest BCUT2D eigenvalue weighted by Crippen LogP contribution is 2.38. The van der Waals surface area contributed by atoms with Gasteiger partial charge in [0.2, 0.25) is 0 Å². The summed E-state index contributed by atoms with van der Waals surface area (Å²) in [5.41, 5.74) is 6.61. The number of ether oxygens (including phenoxy) is 1. The number of aromatic nitrogens is 1. The maximum Gasteiger partial charge on any atom is 0.0885 e. The van der Waals surface area contributed by atoms with E-state index in [-0.39, 0.29) is 0 Å². The van der Waals surface area contributed by atoms with Gasteiger partial charge in [0.15, 0.2) is 0 Å². The van der Waals surface area contributed by atoms with Gasteiger partial charge in [0.05, 0.1) is 28.6 Å². The van der Waals surface area contributed by atoms with Crippen molar-refractivity contribution in [3.8, 4) is 0 Å². The van der Waals surface area contributed by atoms with Crippen molar-refractivity contribution in [3.63, 3.8) is 0 Å². The number of anilines is 1. The first-order valence-corrected chi connectivity index (χ1v) is 6.19. The zero-order valence-electron chi connectivity index (χ0n) is 8.99. The maximum absolute atomic E-state index is 5.38. The molecule has 82 valence electrons. The van der Waals surface area contributed by atoms with Crippen molar-refractivity contribution < 1.29 is 4.74 Å². The van der Waals surface area contributed by atoms with Crippen LogP contribution in [0.1, 0.15) is 12.5 Å². The summed E-state index contributed by atoms with van der Waals surface area (Å²) in [5, 5.41) is 3.37. The lowest BCUT2D eigenvalue weighted by atomic mass is 10.1. The number of benzene rings is 1. The topological polar surface area (TPSA) is 34.1 Å². The Kier molecular flexibility index (Phi) is 2.29. The van der Waals surface area contributed by atoms with E-state index in [0.29, 0.717) is 6.61 Å². The molecule has 1 aliphatic heterocycles. The lowest BCUT2D eigenvalue weighted by Crippen LogP contribution is -1.92. The largest absolute Gasteiger partial charge is 0.501 e. The van der Waals surface area contributed by atoms with Crippen LogP contribution >= 0.6 is 11.3 Å². The van der Waals surface area contributed by atoms with Crippen LogP contribution in [0.25, 0.3) is 15.8 Å². The molecule has 0 spiro atoms. The maximum atomic E-state index is 5.38. The van der Waals surface area contributed by atoms with Gasteiger partial charge in [0, 0.05) is 23.4 Å². The van der Waals surface area contributed by atoms with Crippen molar-refractivity contribution >= 4 is 32.8 Å². The molecule has 16 heavy (non-hydrogen) atoms. The van der Waals surface area contributed by atoms with Gasteiger partial charge in [-0.1, -0.05) is 0 Å². The van der Waals surface area contributed by atoms with E-state index in [0.717, 1.165) is 12.1 Å². The average molecular weight is 232 g/mol. The summed E-state index contributed by atoms with van der Waals surface area (Å²) in [6.45, 7) is 3.54. The second-order valence-electron chi connectivity index (χ2n) is 3.64. The van der Waals surface area contributed by atoms with E-state index in [1.165, 1.54) is 21.5 Å². The first kappa shape index (κ1) is 9.66. The Bertz CT molecular complexity index is 559. The molecular formula is C12H12N2OS. The van der Waals surface area contributed by atoms with E-state index in [4.69, 9.17) is 4.74 Å². The molecule has 0 bridgehead atoms. The van der Waals surface area contributed by atoms with Gasteiger partial charge in [-0.2, -0.15) is 0 Å². The van der Waals surface area contributed by atoms with E-state index in [1.807, 2.05) is 18.7 Å². The van der Waals surface area contributed by atoms with E-state index >= 15 is 0 Å². The highest BCUT2D eigenvalue weighted by Gasteiger charge is 2.19. The molecule has 0 amide bonds. The average Bonchev–Trinajstić information content (AvgIpc) is 2.91. The zero-order valence-corrected chi connectivity index (χ0v) is 9.80. The lowest BCUT2D eigenvalue weighted by molar-refractivity contribution is 0.270. The molecular weight excluding hydrogens is 220 g/mol. The van der Waals surface area contributed by atoms with Gasteiger partial charge in [0.25, 0.3) is 0 Å². The number of fused-ring (bicyclic) bond motifs is 3. The third kappa shape index (κ3) is 1.38. The number of rotatable bonds is 2. The molecule has 2 heterocycles. The summed E-state index contributed by atoms with van der Waals surface area (Å²) in [6.07, 6.45) is 1.86. The molecule has 1 N–H and O–H groups in total. The van der Waals surface area contributed by atoms with Crippen molar-refractivity contribution in [2.75, 3.05) is 18.5 Å². The van der Waals surface area contributed by atoms with E-state index in [2.05, 4.69) is 22.4 Å². The number of hydrogen-bond acceptors (Lipinski definition) is 4. The summed E-state index contributed by atoms with van der Waals surface area (Å²) in [7, 11) is 0. The van der Waals surface area contributed by atoms with Crippen LogP contribution in [-0.2, 0) is 4.74 Å². The molecule has 1 aromatic carbocycles. The van der Waals surface area contributed by atoms with Crippen LogP contribution in [0.2, 0.25) is 0 Å². The molecule has 3 rings (SSSR count). The highest BCUT2D eigenvalue weighted by atomic mass is 32.1. The van der Waals surface area contributed by atoms with Gasteiger partial charge in [-0.25, -0.2) is 4.98 Å². The minimum atomic E-state index is 0.706. The number of nitrogens with zero attached hydrogens (tertiary/aromatic N) is 1. The quantitative estimate of drug-likeness (QED) is 0.808. The van der Waals surface area contributed by atoms with Crippen LogP contribution in [0.15, 0.2) is 23.9 Å². The molecule has 4 heteroatoms. The molecule has 0 aliphatic carbocycles. The minimum Gasteiger partial charge on any atom is -0.501 e. The molecule has 1 aromatic heterocycles. The van der Waals surface area contributed by atoms with Crippen molar-refractivity contribution in [2.24, 2.45) is 0 Å². The first-order chi connectivity index (χ1) is 7.90. The fourth-order valence-corrected chi connectivity index (χ4v) is 2.83. The third-order valence-corrected chi connectivity index (χ3v) is 3.54. The van der Waals surface area contributed by atoms with Crippen molar-refractivity contribution in [1.29, 1.82) is 0 Å². The van der Waals surface area contributed by atoms with Gasteiger partial charge < -0.3 is 10.1 Å². The van der Waals surface area contributed by atoms with Crippen LogP contribution in [-0.4, -0.2) is 18.1 Å². The summed E-state index contributed by atoms with van der Waals surface area (Å²) in [4.78, 5) is 4.33. The zero-order chi connectivity index (χ0) is 11.0. The Labute approximate surface area is 97.8 Å². The Balaban J connectivity index is 2.18. The molecule has 0 unspecified atom stereocenters. The Morgan fingerprint density at radius 3 is 3.38 bits per heavy atom. The van der Waals surface area contributed by atoms with Crippen LogP contribution in [0.3, 0.4) is 0 Å². The number of nitrogens with one attached hydrogen (secondary N) is 1. The molecule has 1 aliphatic rings. The van der Waals surface area contributed by atoms with Crippen LogP contribution in [0.5, 0.6) is 0 Å². The van der Waals surface area contributed by atoms with Crippen LogP contribution in [0.4, 0.5) is 5.69 Å². The van der Waals surface area contributed by atoms with Gasteiger partial charge in [-0.05, 0) is 19.1 Å². The summed E-state index contributed by atoms with van der Waals surface area (Å²) in [5.74, 6) is 0. The van der Waals surface area contributed by atoms with E-state index in [1.54, 1.807) is 11.3 Å². The first-order valence-electron chi connectivity index (χ1n) is 5.31. The lowest BCUT2D eigenvalue weighted by Gasteiger charge is -2.01. The van der Waals surface area contributed by atoms with Crippen molar-refractivity contribution in [1.82, 2.24) is 4.98 Å². The molecule has 2 aromatic rings. The SMILES string of the molecule is CCOC=C1CNc2ccc3ncsc3c21. The standard InChI is InChI=1S/C12H12N2OS/c1-2-15-6-8-5-13-9-3-4-10-12(11(8)9)16-7-14-10/h3-4,6-7,13H,2,5H2,1H3. The fraction of sp³-hybridized carbons (Fsp3) is 0.250. The molecule has 0 saturated carbocycles. The van der Waals surface area contributed by atoms with Gasteiger partial charge in [-0.15, -0.1) is 11.3 Å². The smallest absolute Gasteiger partial charge is 0.0885 e. The minimum absolute atomic E-state index is 0.706. The molecule has 0 radical (unpaired) electrons. The Hall–Kier alpha value is -1.55. The number of thiazole rings is 1. The second-order valence-corrected chi connectivity index (χ2v) is 4.50. The summed E-state index contributed by atoms with van der Waals surface area (Å²) >= 11 is 1.68. The third-order valence-electron chi connectivity index (χ3n) is 2.68. The monoisotopic (exact) mass is 232 g/mol. The highest BCUT2D eigenvalue weighted by molar-refractivity contribution is 7.17. The van der Waals surface area contributed by atoms with E-state index in [9.17, 15) is 0 Å². The Morgan fingerprint density at radius 1 is 1.56 bits per heavy atom. The van der Waals surface area contributed by atoms with Gasteiger partial charge in [0.1, 0.15) is 0 Å². The molecule has 0 atom stereocenters. The van der Waals surface area contributed by atoms with Gasteiger partial charge in [-0.3, -0.25) is 0 Å². The van der Waals surface area contributed by atoms with Crippen LogP contribution in [0, 0.1) is 0 Å². The predicted octanol–water partition coefficient (Wildman–Crippen LogP) is 3.10. The van der Waals surface area contributed by atoms with Crippen molar-refractivity contribution in [2.45, 2.75) is 6.92 Å². The number of hydrogen-bond donors (Lipinski definition) is 1. The molecule has 3 nitrogen and oxygen atoms in total. The second kappa shape index (κ2) is 3.79. The van der Waals surface area contributed by atoms with Crippen molar-refractivity contribution in [3.05, 3.63) is 29.5 Å². The molecule has 0 saturated heterocycles. The predicted molar refractivity (Wildman–Crippen MR) is 67.7 cm³/mol. The van der Waals surface area contributed by atoms with Crippen LogP contribution < -0.4 is 5.32 Å².